The van der Waals surface area contributed by atoms with Gasteiger partial charge < -0.3 is 4.43 Å². The Hall–Kier alpha value is -1.27. The number of benzene rings is 2. The van der Waals surface area contributed by atoms with Gasteiger partial charge in [0.05, 0.1) is 6.04 Å². The number of aryl methyl sites for hydroxylation is 1. The summed E-state index contributed by atoms with van der Waals surface area (Å²) in [5.41, 5.74) is 3.42. The fourth-order valence-corrected chi connectivity index (χ4v) is 14.2. The molecule has 0 spiro atoms. The summed E-state index contributed by atoms with van der Waals surface area (Å²) in [5, 5.41) is 1.38. The lowest BCUT2D eigenvalue weighted by Crippen LogP contribution is -2.51. The molecule has 38 heavy (non-hydrogen) atoms. The van der Waals surface area contributed by atoms with E-state index in [4.69, 9.17) is 16.0 Å². The van der Waals surface area contributed by atoms with Crippen molar-refractivity contribution in [2.24, 2.45) is 0 Å². The first-order chi connectivity index (χ1) is 17.9. The number of hydrogen-bond donors (Lipinski definition) is 0. The Morgan fingerprint density at radius 2 is 1.47 bits per heavy atom. The highest BCUT2D eigenvalue weighted by atomic mass is 35.5. The zero-order chi connectivity index (χ0) is 27.8. The minimum atomic E-state index is -2.04. The lowest BCUT2D eigenvalue weighted by molar-refractivity contribution is 0.0650. The third kappa shape index (κ3) is 5.91. The van der Waals surface area contributed by atoms with Gasteiger partial charge in [-0.2, -0.15) is 0 Å². The number of carbonyl (C=O) groups excluding carboxylic acids is 1. The van der Waals surface area contributed by atoms with Crippen molar-refractivity contribution in [2.45, 2.75) is 126 Å². The van der Waals surface area contributed by atoms with Crippen molar-refractivity contribution in [1.82, 2.24) is 4.90 Å². The number of fused-ring (bicyclic) bond motifs is 2. The molecule has 2 bridgehead atoms. The molecule has 0 aliphatic carbocycles. The van der Waals surface area contributed by atoms with Crippen molar-refractivity contribution < 1.29 is 9.22 Å². The largest absolute Gasteiger partial charge is 0.543 e. The van der Waals surface area contributed by atoms with Crippen molar-refractivity contribution >= 4 is 37.5 Å². The molecular formula is C32H46ClNO2SSi. The van der Waals surface area contributed by atoms with Crippen molar-refractivity contribution in [3.63, 3.8) is 0 Å². The molecule has 2 fully saturated rings. The zero-order valence-electron chi connectivity index (χ0n) is 24.5. The third-order valence-corrected chi connectivity index (χ3v) is 16.6. The molecule has 4 rings (SSSR count). The first-order valence-corrected chi connectivity index (χ1v) is 17.9. The van der Waals surface area contributed by atoms with E-state index in [-0.39, 0.29) is 11.8 Å². The molecule has 6 heteroatoms. The van der Waals surface area contributed by atoms with Gasteiger partial charge in [-0.05, 0) is 104 Å². The van der Waals surface area contributed by atoms with Crippen LogP contribution in [-0.4, -0.2) is 42.4 Å². The molecule has 2 heterocycles. The fraction of sp³-hybridized carbons (Fsp3) is 0.594. The van der Waals surface area contributed by atoms with E-state index >= 15 is 0 Å². The average Bonchev–Trinajstić information content (AvgIpc) is 3.13. The topological polar surface area (TPSA) is 29.5 Å². The van der Waals surface area contributed by atoms with E-state index in [2.05, 4.69) is 84.6 Å². The standard InChI is InChI=1S/C32H46ClNO2SSi/c1-20(2)38(21(3)4,22(5)6)36-31-16-9-25(17-23(31)7)32(35)24(8)34-27-12-13-28(34)19-30(18-27)37-29-14-10-26(33)11-15-29/h9-11,14-17,20-22,24,27-28,30H,12-13,18-19H2,1-8H3. The van der Waals surface area contributed by atoms with Gasteiger partial charge in [0, 0.05) is 32.8 Å². The van der Waals surface area contributed by atoms with E-state index < -0.39 is 8.32 Å². The van der Waals surface area contributed by atoms with E-state index in [9.17, 15) is 4.79 Å². The lowest BCUT2D eigenvalue weighted by atomic mass is 9.95. The second kappa shape index (κ2) is 12.1. The Bertz CT molecular complexity index is 1080. The molecule has 208 valence electrons. The van der Waals surface area contributed by atoms with Crippen LogP contribution in [0.3, 0.4) is 0 Å². The van der Waals surface area contributed by atoms with Gasteiger partial charge >= 0.3 is 0 Å². The number of ketones is 1. The summed E-state index contributed by atoms with van der Waals surface area (Å²) < 4.78 is 6.95. The summed E-state index contributed by atoms with van der Waals surface area (Å²) >= 11 is 8.05. The highest BCUT2D eigenvalue weighted by Crippen LogP contribution is 2.45. The highest BCUT2D eigenvalue weighted by Gasteiger charge is 2.47. The van der Waals surface area contributed by atoms with Crippen molar-refractivity contribution in [3.8, 4) is 5.75 Å². The molecule has 3 nitrogen and oxygen atoms in total. The van der Waals surface area contributed by atoms with Crippen LogP contribution in [0.4, 0.5) is 0 Å². The summed E-state index contributed by atoms with van der Waals surface area (Å²) in [6, 6.07) is 15.2. The minimum Gasteiger partial charge on any atom is -0.543 e. The van der Waals surface area contributed by atoms with Gasteiger partial charge in [0.2, 0.25) is 0 Å². The molecule has 0 aromatic heterocycles. The van der Waals surface area contributed by atoms with Crippen LogP contribution in [0.5, 0.6) is 5.75 Å². The van der Waals surface area contributed by atoms with E-state index in [1.807, 2.05) is 30.0 Å². The lowest BCUT2D eigenvalue weighted by Gasteiger charge is -2.42. The van der Waals surface area contributed by atoms with Crippen LogP contribution in [0, 0.1) is 6.92 Å². The van der Waals surface area contributed by atoms with Crippen LogP contribution in [0.15, 0.2) is 47.4 Å². The quantitative estimate of drug-likeness (QED) is 0.210. The number of halogens is 1. The second-order valence-corrected chi connectivity index (χ2v) is 19.6. The normalized spacial score (nSPS) is 22.9. The van der Waals surface area contributed by atoms with E-state index in [0.29, 0.717) is 34.0 Å². The van der Waals surface area contributed by atoms with Gasteiger partial charge in [0.15, 0.2) is 5.78 Å². The number of piperidine rings is 1. The molecule has 0 N–H and O–H groups in total. The molecular weight excluding hydrogens is 526 g/mol. The number of thioether (sulfide) groups is 1. The molecule has 0 saturated carbocycles. The van der Waals surface area contributed by atoms with Crippen LogP contribution in [0.2, 0.25) is 21.6 Å². The maximum absolute atomic E-state index is 13.7. The molecule has 2 aromatic carbocycles. The Balaban J connectivity index is 1.46. The van der Waals surface area contributed by atoms with Crippen LogP contribution in [0.25, 0.3) is 0 Å². The van der Waals surface area contributed by atoms with Crippen molar-refractivity contribution in [1.29, 1.82) is 0 Å². The molecule has 2 aromatic rings. The summed E-state index contributed by atoms with van der Waals surface area (Å²) in [6.07, 6.45) is 4.66. The number of hydrogen-bond acceptors (Lipinski definition) is 4. The maximum atomic E-state index is 13.7. The maximum Gasteiger partial charge on any atom is 0.258 e. The number of carbonyl (C=O) groups is 1. The van der Waals surface area contributed by atoms with Gasteiger partial charge in [-0.15, -0.1) is 11.8 Å². The first kappa shape index (κ1) is 29.7. The van der Waals surface area contributed by atoms with E-state index in [1.165, 1.54) is 17.7 Å². The molecule has 2 aliphatic heterocycles. The first-order valence-electron chi connectivity index (χ1n) is 14.5. The molecule has 2 aliphatic rings. The van der Waals surface area contributed by atoms with Gasteiger partial charge in [-0.3, -0.25) is 9.69 Å². The monoisotopic (exact) mass is 571 g/mol. The second-order valence-electron chi connectivity index (χ2n) is 12.4. The van der Waals surface area contributed by atoms with Crippen molar-refractivity contribution in [2.75, 3.05) is 0 Å². The smallest absolute Gasteiger partial charge is 0.258 e. The van der Waals surface area contributed by atoms with Gasteiger partial charge in [-0.1, -0.05) is 53.1 Å². The SMILES string of the molecule is Cc1cc(C(=O)C(C)N2C3CCC2CC(Sc2ccc(Cl)cc2)C3)ccc1O[Si](C(C)C)(C(C)C)C(C)C. The predicted molar refractivity (Wildman–Crippen MR) is 166 cm³/mol. The summed E-state index contributed by atoms with van der Waals surface area (Å²) in [4.78, 5) is 17.6. The number of Topliss-reactive ketones (excluding diaryl/α,β-unsaturated/α-hetero) is 1. The summed E-state index contributed by atoms with van der Waals surface area (Å²) in [7, 11) is -2.04. The van der Waals surface area contributed by atoms with Crippen LogP contribution in [-0.2, 0) is 0 Å². The van der Waals surface area contributed by atoms with Gasteiger partial charge in [0.25, 0.3) is 8.32 Å². The Morgan fingerprint density at radius 1 is 0.921 bits per heavy atom. The highest BCUT2D eigenvalue weighted by molar-refractivity contribution is 8.00. The summed E-state index contributed by atoms with van der Waals surface area (Å²) in [6.45, 7) is 18.1. The summed E-state index contributed by atoms with van der Waals surface area (Å²) in [5.74, 6) is 1.19. The van der Waals surface area contributed by atoms with E-state index in [1.54, 1.807) is 0 Å². The Morgan fingerprint density at radius 3 is 1.97 bits per heavy atom. The number of rotatable bonds is 10. The Kier molecular flexibility index (Phi) is 9.44. The van der Waals surface area contributed by atoms with Gasteiger partial charge in [0.1, 0.15) is 5.75 Å². The number of nitrogens with zero attached hydrogens (tertiary/aromatic N) is 1. The minimum absolute atomic E-state index is 0.101. The predicted octanol–water partition coefficient (Wildman–Crippen LogP) is 9.56. The van der Waals surface area contributed by atoms with E-state index in [0.717, 1.165) is 34.7 Å². The van der Waals surface area contributed by atoms with Crippen LogP contribution >= 0.6 is 23.4 Å². The molecule has 3 atom stereocenters. The average molecular weight is 572 g/mol. The molecule has 0 amide bonds. The fourth-order valence-electron chi connectivity index (χ4n) is 7.44. The van der Waals surface area contributed by atoms with Crippen molar-refractivity contribution in [3.05, 3.63) is 58.6 Å². The Labute approximate surface area is 241 Å². The third-order valence-electron chi connectivity index (χ3n) is 9.14. The molecule has 2 saturated heterocycles. The van der Waals surface area contributed by atoms with Crippen LogP contribution < -0.4 is 4.43 Å². The molecule has 0 radical (unpaired) electrons. The van der Waals surface area contributed by atoms with Crippen LogP contribution in [0.1, 0.15) is 90.1 Å². The molecule has 3 unspecified atom stereocenters. The zero-order valence-corrected chi connectivity index (χ0v) is 27.0. The van der Waals surface area contributed by atoms with Gasteiger partial charge in [-0.25, -0.2) is 0 Å².